The Morgan fingerprint density at radius 2 is 2.11 bits per heavy atom. The maximum Gasteiger partial charge on any atom is 0.123 e. The zero-order chi connectivity index (χ0) is 13.3. The fourth-order valence-corrected chi connectivity index (χ4v) is 2.12. The molecule has 0 radical (unpaired) electrons. The van der Waals surface area contributed by atoms with Gasteiger partial charge in [0.15, 0.2) is 0 Å². The van der Waals surface area contributed by atoms with Crippen LogP contribution in [0.25, 0.3) is 0 Å². The van der Waals surface area contributed by atoms with E-state index < -0.39 is 0 Å². The van der Waals surface area contributed by atoms with Crippen molar-refractivity contribution >= 4 is 11.6 Å². The average molecular weight is 269 g/mol. The van der Waals surface area contributed by atoms with Crippen LogP contribution in [0.5, 0.6) is 0 Å². The lowest BCUT2D eigenvalue weighted by molar-refractivity contribution is 0.280. The Morgan fingerprint density at radius 3 is 2.72 bits per heavy atom. The molecule has 0 unspecified atom stereocenters. The Labute approximate surface area is 110 Å². The first-order valence-corrected chi connectivity index (χ1v) is 5.98. The van der Waals surface area contributed by atoms with E-state index in [1.165, 1.54) is 18.2 Å². The number of aromatic nitrogens is 2. The van der Waals surface area contributed by atoms with E-state index in [1.54, 1.807) is 4.68 Å². The standard InChI is InChI=1S/C13H14ClFN2O/c1-8-12(7-18)9(2)17(16-8)6-10-5-11(15)3-4-13(10)14/h3-5,18H,6-7H2,1-2H3. The maximum absolute atomic E-state index is 13.2. The molecule has 0 amide bonds. The van der Waals surface area contributed by atoms with E-state index in [9.17, 15) is 9.50 Å². The van der Waals surface area contributed by atoms with Crippen molar-refractivity contribution in [2.75, 3.05) is 0 Å². The summed E-state index contributed by atoms with van der Waals surface area (Å²) in [6.07, 6.45) is 0. The normalized spacial score (nSPS) is 10.9. The summed E-state index contributed by atoms with van der Waals surface area (Å²) in [5.41, 5.74) is 3.13. The van der Waals surface area contributed by atoms with E-state index in [2.05, 4.69) is 5.10 Å². The molecule has 0 saturated heterocycles. The molecular formula is C13H14ClFN2O. The number of hydrogen-bond donors (Lipinski definition) is 1. The maximum atomic E-state index is 13.2. The summed E-state index contributed by atoms with van der Waals surface area (Å²) in [5, 5.41) is 14.1. The molecule has 18 heavy (non-hydrogen) atoms. The fourth-order valence-electron chi connectivity index (χ4n) is 1.94. The monoisotopic (exact) mass is 268 g/mol. The van der Waals surface area contributed by atoms with E-state index in [0.29, 0.717) is 17.1 Å². The van der Waals surface area contributed by atoms with Gasteiger partial charge in [-0.3, -0.25) is 4.68 Å². The topological polar surface area (TPSA) is 38.0 Å². The number of benzene rings is 1. The molecule has 1 aromatic carbocycles. The Hall–Kier alpha value is -1.39. The third kappa shape index (κ3) is 2.40. The minimum atomic E-state index is -0.321. The van der Waals surface area contributed by atoms with Crippen molar-refractivity contribution in [2.24, 2.45) is 0 Å². The molecule has 0 bridgehead atoms. The second kappa shape index (κ2) is 5.08. The molecule has 1 heterocycles. The number of aliphatic hydroxyl groups excluding tert-OH is 1. The van der Waals surface area contributed by atoms with Crippen LogP contribution in [-0.2, 0) is 13.2 Å². The van der Waals surface area contributed by atoms with Gasteiger partial charge in [0.05, 0.1) is 18.8 Å². The predicted molar refractivity (Wildman–Crippen MR) is 68.1 cm³/mol. The van der Waals surface area contributed by atoms with Gasteiger partial charge in [-0.25, -0.2) is 4.39 Å². The van der Waals surface area contributed by atoms with Crippen LogP contribution in [0, 0.1) is 19.7 Å². The molecule has 5 heteroatoms. The molecule has 0 spiro atoms. The van der Waals surface area contributed by atoms with Crippen molar-refractivity contribution < 1.29 is 9.50 Å². The van der Waals surface area contributed by atoms with Crippen molar-refractivity contribution in [1.82, 2.24) is 9.78 Å². The first-order chi connectivity index (χ1) is 8.52. The molecule has 0 aliphatic carbocycles. The summed E-state index contributed by atoms with van der Waals surface area (Å²) in [7, 11) is 0. The molecule has 0 atom stereocenters. The van der Waals surface area contributed by atoms with E-state index >= 15 is 0 Å². The summed E-state index contributed by atoms with van der Waals surface area (Å²) in [5.74, 6) is -0.321. The summed E-state index contributed by atoms with van der Waals surface area (Å²) in [4.78, 5) is 0. The van der Waals surface area contributed by atoms with Crippen LogP contribution in [0.4, 0.5) is 4.39 Å². The lowest BCUT2D eigenvalue weighted by Gasteiger charge is -2.07. The molecule has 1 aromatic heterocycles. The fraction of sp³-hybridized carbons (Fsp3) is 0.308. The molecule has 2 aromatic rings. The van der Waals surface area contributed by atoms with E-state index in [1.807, 2.05) is 13.8 Å². The number of aryl methyl sites for hydroxylation is 1. The lowest BCUT2D eigenvalue weighted by atomic mass is 10.2. The van der Waals surface area contributed by atoms with Crippen LogP contribution in [0.1, 0.15) is 22.5 Å². The molecule has 96 valence electrons. The SMILES string of the molecule is Cc1nn(Cc2cc(F)ccc2Cl)c(C)c1CO. The van der Waals surface area contributed by atoms with Crippen molar-refractivity contribution in [3.63, 3.8) is 0 Å². The van der Waals surface area contributed by atoms with Crippen LogP contribution in [0.2, 0.25) is 5.02 Å². The first kappa shape index (κ1) is 13.1. The summed E-state index contributed by atoms with van der Waals surface area (Å²) in [6.45, 7) is 4.05. The second-order valence-corrected chi connectivity index (χ2v) is 4.61. The van der Waals surface area contributed by atoms with Gasteiger partial charge in [0, 0.05) is 16.3 Å². The smallest absolute Gasteiger partial charge is 0.123 e. The van der Waals surface area contributed by atoms with Gasteiger partial charge in [0.1, 0.15) is 5.82 Å². The summed E-state index contributed by atoms with van der Waals surface area (Å²) in [6, 6.07) is 4.26. The van der Waals surface area contributed by atoms with Crippen molar-refractivity contribution in [1.29, 1.82) is 0 Å². The quantitative estimate of drug-likeness (QED) is 0.930. The Morgan fingerprint density at radius 1 is 1.39 bits per heavy atom. The van der Waals surface area contributed by atoms with Gasteiger partial charge in [0.25, 0.3) is 0 Å². The minimum absolute atomic E-state index is 0.0471. The van der Waals surface area contributed by atoms with Gasteiger partial charge in [0.2, 0.25) is 0 Å². The Balaban J connectivity index is 2.37. The van der Waals surface area contributed by atoms with E-state index in [-0.39, 0.29) is 12.4 Å². The summed E-state index contributed by atoms with van der Waals surface area (Å²) < 4.78 is 14.9. The first-order valence-electron chi connectivity index (χ1n) is 5.60. The molecule has 0 saturated carbocycles. The minimum Gasteiger partial charge on any atom is -0.392 e. The Bertz CT molecular complexity index is 581. The molecule has 0 aliphatic heterocycles. The highest BCUT2D eigenvalue weighted by Crippen LogP contribution is 2.20. The molecule has 0 aliphatic rings. The number of hydrogen-bond acceptors (Lipinski definition) is 2. The van der Waals surface area contributed by atoms with Gasteiger partial charge in [-0.05, 0) is 37.6 Å². The third-order valence-corrected chi connectivity index (χ3v) is 3.39. The highest BCUT2D eigenvalue weighted by molar-refractivity contribution is 6.31. The van der Waals surface area contributed by atoms with Crippen molar-refractivity contribution in [2.45, 2.75) is 27.0 Å². The van der Waals surface area contributed by atoms with Gasteiger partial charge < -0.3 is 5.11 Å². The highest BCUT2D eigenvalue weighted by Gasteiger charge is 2.12. The van der Waals surface area contributed by atoms with Crippen LogP contribution < -0.4 is 0 Å². The highest BCUT2D eigenvalue weighted by atomic mass is 35.5. The largest absolute Gasteiger partial charge is 0.392 e. The van der Waals surface area contributed by atoms with Gasteiger partial charge in [-0.1, -0.05) is 11.6 Å². The number of nitrogens with zero attached hydrogens (tertiary/aromatic N) is 2. The molecule has 3 nitrogen and oxygen atoms in total. The molecule has 1 N–H and O–H groups in total. The lowest BCUT2D eigenvalue weighted by Crippen LogP contribution is -2.05. The van der Waals surface area contributed by atoms with Crippen LogP contribution in [0.15, 0.2) is 18.2 Å². The van der Waals surface area contributed by atoms with Crippen molar-refractivity contribution in [3.05, 3.63) is 51.6 Å². The van der Waals surface area contributed by atoms with Crippen molar-refractivity contribution in [3.8, 4) is 0 Å². The van der Waals surface area contributed by atoms with Crippen LogP contribution >= 0.6 is 11.6 Å². The van der Waals surface area contributed by atoms with Gasteiger partial charge in [-0.15, -0.1) is 0 Å². The van der Waals surface area contributed by atoms with Gasteiger partial charge >= 0.3 is 0 Å². The van der Waals surface area contributed by atoms with Crippen LogP contribution in [0.3, 0.4) is 0 Å². The third-order valence-electron chi connectivity index (χ3n) is 3.02. The molecular weight excluding hydrogens is 255 g/mol. The molecule has 0 fully saturated rings. The van der Waals surface area contributed by atoms with Crippen LogP contribution in [-0.4, -0.2) is 14.9 Å². The average Bonchev–Trinajstić information content (AvgIpc) is 2.59. The summed E-state index contributed by atoms with van der Waals surface area (Å²) >= 11 is 6.02. The number of rotatable bonds is 3. The number of halogens is 2. The second-order valence-electron chi connectivity index (χ2n) is 4.20. The zero-order valence-corrected chi connectivity index (χ0v) is 11.0. The van der Waals surface area contributed by atoms with E-state index in [4.69, 9.17) is 11.6 Å². The Kier molecular flexibility index (Phi) is 3.68. The zero-order valence-electron chi connectivity index (χ0n) is 10.2. The predicted octanol–water partition coefficient (Wildman–Crippen LogP) is 2.83. The molecule has 2 rings (SSSR count). The van der Waals surface area contributed by atoms with E-state index in [0.717, 1.165) is 17.0 Å². The number of aliphatic hydroxyl groups is 1. The van der Waals surface area contributed by atoms with Gasteiger partial charge in [-0.2, -0.15) is 5.10 Å².